The first-order valence-electron chi connectivity index (χ1n) is 5.42. The van der Waals surface area contributed by atoms with Crippen molar-refractivity contribution in [1.82, 2.24) is 5.32 Å². The van der Waals surface area contributed by atoms with Crippen LogP contribution in [0.5, 0.6) is 5.75 Å². The first-order chi connectivity index (χ1) is 7.74. The van der Waals surface area contributed by atoms with Crippen molar-refractivity contribution < 1.29 is 9.53 Å². The fraction of sp³-hybridized carbons (Fsp3) is 0.417. The van der Waals surface area contributed by atoms with E-state index in [-0.39, 0.29) is 11.9 Å². The number of nitrogens with two attached hydrogens (primary N) is 1. The Balaban J connectivity index is 2.28. The highest BCUT2D eigenvalue weighted by Gasteiger charge is 2.23. The molecule has 1 aliphatic heterocycles. The van der Waals surface area contributed by atoms with Gasteiger partial charge in [0.1, 0.15) is 5.75 Å². The first kappa shape index (κ1) is 11.0. The molecule has 4 nitrogen and oxygen atoms in total. The quantitative estimate of drug-likeness (QED) is 0.788. The molecule has 2 rings (SSSR count). The molecule has 1 heterocycles. The highest BCUT2D eigenvalue weighted by atomic mass is 16.5. The molecule has 1 amide bonds. The lowest BCUT2D eigenvalue weighted by Gasteiger charge is -2.25. The van der Waals surface area contributed by atoms with E-state index in [9.17, 15) is 4.79 Å². The molecule has 0 aliphatic carbocycles. The van der Waals surface area contributed by atoms with Crippen LogP contribution in [-0.2, 0) is 6.42 Å². The molecule has 0 bridgehead atoms. The van der Waals surface area contributed by atoms with E-state index in [0.29, 0.717) is 6.54 Å². The number of benzene rings is 1. The highest BCUT2D eigenvalue weighted by molar-refractivity contribution is 5.97. The van der Waals surface area contributed by atoms with Crippen LogP contribution in [0.2, 0.25) is 0 Å². The molecule has 1 unspecified atom stereocenters. The Hall–Kier alpha value is -1.55. The van der Waals surface area contributed by atoms with Gasteiger partial charge in [-0.25, -0.2) is 0 Å². The lowest BCUT2D eigenvalue weighted by molar-refractivity contribution is 0.0923. The SMILES string of the molecule is COc1ccc2c(c1)CC(CCN)NC2=O. The third-order valence-electron chi connectivity index (χ3n) is 2.87. The average Bonchev–Trinajstić information content (AvgIpc) is 2.28. The zero-order chi connectivity index (χ0) is 11.5. The molecule has 4 heteroatoms. The van der Waals surface area contributed by atoms with Crippen LogP contribution in [0, 0.1) is 0 Å². The molecule has 0 aromatic heterocycles. The van der Waals surface area contributed by atoms with Crippen LogP contribution in [0.3, 0.4) is 0 Å². The molecule has 1 aliphatic rings. The smallest absolute Gasteiger partial charge is 0.251 e. The van der Waals surface area contributed by atoms with Crippen molar-refractivity contribution in [3.63, 3.8) is 0 Å². The van der Waals surface area contributed by atoms with Crippen LogP contribution in [0.4, 0.5) is 0 Å². The summed E-state index contributed by atoms with van der Waals surface area (Å²) in [4.78, 5) is 11.8. The third kappa shape index (κ3) is 2.02. The van der Waals surface area contributed by atoms with E-state index in [4.69, 9.17) is 10.5 Å². The fourth-order valence-corrected chi connectivity index (χ4v) is 2.04. The van der Waals surface area contributed by atoms with Gasteiger partial charge in [0.25, 0.3) is 5.91 Å². The Morgan fingerprint density at radius 2 is 2.38 bits per heavy atom. The van der Waals surface area contributed by atoms with Gasteiger partial charge < -0.3 is 15.8 Å². The van der Waals surface area contributed by atoms with Crippen molar-refractivity contribution in [2.75, 3.05) is 13.7 Å². The molecule has 3 N–H and O–H groups in total. The number of fused-ring (bicyclic) bond motifs is 1. The molecule has 1 atom stereocenters. The zero-order valence-corrected chi connectivity index (χ0v) is 9.32. The first-order valence-corrected chi connectivity index (χ1v) is 5.42. The molecule has 0 radical (unpaired) electrons. The summed E-state index contributed by atoms with van der Waals surface area (Å²) in [7, 11) is 1.63. The van der Waals surface area contributed by atoms with E-state index in [0.717, 1.165) is 29.7 Å². The molecular weight excluding hydrogens is 204 g/mol. The van der Waals surface area contributed by atoms with E-state index >= 15 is 0 Å². The van der Waals surface area contributed by atoms with Gasteiger partial charge in [-0.1, -0.05) is 0 Å². The Morgan fingerprint density at radius 1 is 1.56 bits per heavy atom. The van der Waals surface area contributed by atoms with Gasteiger partial charge in [-0.3, -0.25) is 4.79 Å². The predicted molar refractivity (Wildman–Crippen MR) is 61.6 cm³/mol. The number of nitrogens with one attached hydrogen (secondary N) is 1. The van der Waals surface area contributed by atoms with Crippen molar-refractivity contribution >= 4 is 5.91 Å². The van der Waals surface area contributed by atoms with Crippen molar-refractivity contribution in [1.29, 1.82) is 0 Å². The minimum Gasteiger partial charge on any atom is -0.497 e. The van der Waals surface area contributed by atoms with Crippen molar-refractivity contribution in [3.05, 3.63) is 29.3 Å². The normalized spacial score (nSPS) is 18.9. The number of hydrogen-bond acceptors (Lipinski definition) is 3. The van der Waals surface area contributed by atoms with E-state index in [1.54, 1.807) is 7.11 Å². The number of amides is 1. The highest BCUT2D eigenvalue weighted by Crippen LogP contribution is 2.23. The number of ether oxygens (including phenoxy) is 1. The predicted octanol–water partition coefficient (Wildman–Crippen LogP) is 0.699. The number of methoxy groups -OCH3 is 1. The van der Waals surface area contributed by atoms with E-state index < -0.39 is 0 Å². The maximum absolute atomic E-state index is 11.8. The van der Waals surface area contributed by atoms with Crippen molar-refractivity contribution in [2.24, 2.45) is 5.73 Å². The van der Waals surface area contributed by atoms with Crippen LogP contribution in [0.15, 0.2) is 18.2 Å². The summed E-state index contributed by atoms with van der Waals surface area (Å²) in [6, 6.07) is 5.69. The Morgan fingerprint density at radius 3 is 3.06 bits per heavy atom. The van der Waals surface area contributed by atoms with Gasteiger partial charge in [0, 0.05) is 11.6 Å². The van der Waals surface area contributed by atoms with Crippen molar-refractivity contribution in [2.45, 2.75) is 18.9 Å². The molecule has 0 saturated carbocycles. The lowest BCUT2D eigenvalue weighted by atomic mass is 9.93. The number of hydrogen-bond donors (Lipinski definition) is 2. The van der Waals surface area contributed by atoms with Crippen LogP contribution >= 0.6 is 0 Å². The second-order valence-corrected chi connectivity index (χ2v) is 3.97. The van der Waals surface area contributed by atoms with Gasteiger partial charge >= 0.3 is 0 Å². The van der Waals surface area contributed by atoms with E-state index in [1.165, 1.54) is 0 Å². The van der Waals surface area contributed by atoms with E-state index in [1.807, 2.05) is 18.2 Å². The number of carbonyl (C=O) groups is 1. The summed E-state index contributed by atoms with van der Waals surface area (Å²) in [5.74, 6) is 0.780. The maximum atomic E-state index is 11.8. The van der Waals surface area contributed by atoms with Crippen LogP contribution < -0.4 is 15.8 Å². The van der Waals surface area contributed by atoms with Crippen LogP contribution in [0.1, 0.15) is 22.3 Å². The molecule has 86 valence electrons. The zero-order valence-electron chi connectivity index (χ0n) is 9.32. The Labute approximate surface area is 94.8 Å². The maximum Gasteiger partial charge on any atom is 0.251 e. The summed E-state index contributed by atoms with van der Waals surface area (Å²) in [6.07, 6.45) is 1.64. The summed E-state index contributed by atoms with van der Waals surface area (Å²) in [6.45, 7) is 0.588. The topological polar surface area (TPSA) is 64.3 Å². The van der Waals surface area contributed by atoms with E-state index in [2.05, 4.69) is 5.32 Å². The summed E-state index contributed by atoms with van der Waals surface area (Å²) < 4.78 is 5.15. The fourth-order valence-electron chi connectivity index (χ4n) is 2.04. The minimum absolute atomic E-state index is 0.0117. The number of rotatable bonds is 3. The average molecular weight is 220 g/mol. The minimum atomic E-state index is -0.0117. The van der Waals surface area contributed by atoms with Gasteiger partial charge in [-0.05, 0) is 43.1 Å². The van der Waals surface area contributed by atoms with Gasteiger partial charge in [-0.15, -0.1) is 0 Å². The number of carbonyl (C=O) groups excluding carboxylic acids is 1. The largest absolute Gasteiger partial charge is 0.497 e. The van der Waals surface area contributed by atoms with Gasteiger partial charge in [0.05, 0.1) is 7.11 Å². The standard InChI is InChI=1S/C12H16N2O2/c1-16-10-2-3-11-8(7-10)6-9(4-5-13)14-12(11)15/h2-3,7,9H,4-6,13H2,1H3,(H,14,15). The summed E-state index contributed by atoms with van der Waals surface area (Å²) in [5.41, 5.74) is 7.29. The monoisotopic (exact) mass is 220 g/mol. The molecule has 0 fully saturated rings. The molecule has 1 aromatic carbocycles. The second-order valence-electron chi connectivity index (χ2n) is 3.97. The van der Waals surface area contributed by atoms with Gasteiger partial charge in [0.2, 0.25) is 0 Å². The molecular formula is C12H16N2O2. The Bertz CT molecular complexity index is 404. The Kier molecular flexibility index (Phi) is 3.10. The van der Waals surface area contributed by atoms with Crippen LogP contribution in [-0.4, -0.2) is 25.6 Å². The summed E-state index contributed by atoms with van der Waals surface area (Å²) in [5, 5.41) is 2.95. The molecule has 0 saturated heterocycles. The van der Waals surface area contributed by atoms with Gasteiger partial charge in [0.15, 0.2) is 0 Å². The lowest BCUT2D eigenvalue weighted by Crippen LogP contribution is -2.42. The van der Waals surface area contributed by atoms with Gasteiger partial charge in [-0.2, -0.15) is 0 Å². The van der Waals surface area contributed by atoms with Crippen LogP contribution in [0.25, 0.3) is 0 Å². The summed E-state index contributed by atoms with van der Waals surface area (Å²) >= 11 is 0. The molecule has 0 spiro atoms. The third-order valence-corrected chi connectivity index (χ3v) is 2.87. The second kappa shape index (κ2) is 4.53. The molecule has 1 aromatic rings. The molecule has 16 heavy (non-hydrogen) atoms. The van der Waals surface area contributed by atoms with Crippen molar-refractivity contribution in [3.8, 4) is 5.75 Å².